The second kappa shape index (κ2) is 5.05. The highest BCUT2D eigenvalue weighted by molar-refractivity contribution is 5.81. The highest BCUT2D eigenvalue weighted by atomic mass is 19.1. The first-order valence-corrected chi connectivity index (χ1v) is 4.87. The van der Waals surface area contributed by atoms with E-state index in [9.17, 15) is 14.3 Å². The van der Waals surface area contributed by atoms with Gasteiger partial charge in [-0.3, -0.25) is 4.79 Å². The van der Waals surface area contributed by atoms with Gasteiger partial charge in [0.1, 0.15) is 11.2 Å². The van der Waals surface area contributed by atoms with Crippen LogP contribution in [0.5, 0.6) is 0 Å². The van der Waals surface area contributed by atoms with Crippen molar-refractivity contribution in [3.63, 3.8) is 0 Å². The standard InChI is InChI=1S/C11H14FNO3/c12-9-3-1-8(2-4-9)11(7-13,5-6-14)10(15)16/h1-4,14H,5-7,13H2,(H,15,16). The number of halogens is 1. The molecule has 0 aromatic heterocycles. The van der Waals surface area contributed by atoms with Crippen LogP contribution in [0.15, 0.2) is 24.3 Å². The lowest BCUT2D eigenvalue weighted by molar-refractivity contribution is -0.144. The van der Waals surface area contributed by atoms with Gasteiger partial charge in [-0.25, -0.2) is 4.39 Å². The molecule has 1 aromatic rings. The Morgan fingerprint density at radius 3 is 2.31 bits per heavy atom. The molecule has 88 valence electrons. The Morgan fingerprint density at radius 2 is 1.94 bits per heavy atom. The first kappa shape index (κ1) is 12.6. The van der Waals surface area contributed by atoms with Crippen molar-refractivity contribution in [1.82, 2.24) is 0 Å². The van der Waals surface area contributed by atoms with Crippen LogP contribution in [0.2, 0.25) is 0 Å². The second-order valence-electron chi connectivity index (χ2n) is 3.57. The van der Waals surface area contributed by atoms with Crippen LogP contribution in [0.25, 0.3) is 0 Å². The Balaban J connectivity index is 3.18. The SMILES string of the molecule is NCC(CCO)(C(=O)O)c1ccc(F)cc1. The Bertz CT molecular complexity index is 366. The van der Waals surface area contributed by atoms with Crippen molar-refractivity contribution in [3.8, 4) is 0 Å². The lowest BCUT2D eigenvalue weighted by atomic mass is 9.78. The molecule has 1 atom stereocenters. The second-order valence-corrected chi connectivity index (χ2v) is 3.57. The van der Waals surface area contributed by atoms with Crippen molar-refractivity contribution >= 4 is 5.97 Å². The topological polar surface area (TPSA) is 83.5 Å². The van der Waals surface area contributed by atoms with E-state index in [-0.39, 0.29) is 19.6 Å². The van der Waals surface area contributed by atoms with Gasteiger partial charge in [-0.05, 0) is 24.1 Å². The summed E-state index contributed by atoms with van der Waals surface area (Å²) in [6.45, 7) is -0.435. The summed E-state index contributed by atoms with van der Waals surface area (Å²) in [6.07, 6.45) is 0.00443. The predicted octanol–water partition coefficient (Wildman–Crippen LogP) is 0.489. The Hall–Kier alpha value is -1.46. The molecule has 0 saturated heterocycles. The minimum Gasteiger partial charge on any atom is -0.481 e. The number of hydrogen-bond acceptors (Lipinski definition) is 3. The number of carboxylic acid groups (broad SMARTS) is 1. The largest absolute Gasteiger partial charge is 0.481 e. The molecule has 16 heavy (non-hydrogen) atoms. The summed E-state index contributed by atoms with van der Waals surface area (Å²) in [6, 6.07) is 5.12. The van der Waals surface area contributed by atoms with Crippen LogP contribution in [0.4, 0.5) is 4.39 Å². The number of aliphatic hydroxyl groups excluding tert-OH is 1. The molecule has 1 aromatic carbocycles. The molecule has 1 unspecified atom stereocenters. The van der Waals surface area contributed by atoms with Crippen molar-refractivity contribution in [2.24, 2.45) is 5.73 Å². The molecule has 0 spiro atoms. The highest BCUT2D eigenvalue weighted by Gasteiger charge is 2.38. The average Bonchev–Trinajstić information content (AvgIpc) is 2.27. The van der Waals surface area contributed by atoms with E-state index in [2.05, 4.69) is 0 Å². The number of carboxylic acids is 1. The van der Waals surface area contributed by atoms with Gasteiger partial charge in [0.2, 0.25) is 0 Å². The van der Waals surface area contributed by atoms with Crippen molar-refractivity contribution < 1.29 is 19.4 Å². The lowest BCUT2D eigenvalue weighted by Crippen LogP contribution is -2.43. The number of aliphatic hydroxyl groups is 1. The first-order valence-electron chi connectivity index (χ1n) is 4.87. The zero-order valence-corrected chi connectivity index (χ0v) is 8.69. The molecule has 0 aliphatic rings. The summed E-state index contributed by atoms with van der Waals surface area (Å²) in [5, 5.41) is 18.1. The summed E-state index contributed by atoms with van der Waals surface area (Å²) >= 11 is 0. The zero-order chi connectivity index (χ0) is 12.2. The van der Waals surface area contributed by atoms with E-state index >= 15 is 0 Å². The fourth-order valence-corrected chi connectivity index (χ4v) is 1.64. The Morgan fingerprint density at radius 1 is 1.38 bits per heavy atom. The number of carbonyl (C=O) groups is 1. The van der Waals surface area contributed by atoms with Crippen molar-refractivity contribution in [2.45, 2.75) is 11.8 Å². The van der Waals surface area contributed by atoms with Crippen molar-refractivity contribution in [1.29, 1.82) is 0 Å². The van der Waals surface area contributed by atoms with E-state index < -0.39 is 17.2 Å². The van der Waals surface area contributed by atoms with E-state index in [4.69, 9.17) is 10.8 Å². The van der Waals surface area contributed by atoms with Crippen LogP contribution in [-0.4, -0.2) is 29.3 Å². The third kappa shape index (κ3) is 2.20. The summed E-state index contributed by atoms with van der Waals surface area (Å²) in [4.78, 5) is 11.2. The first-order chi connectivity index (χ1) is 7.56. The van der Waals surface area contributed by atoms with Crippen LogP contribution >= 0.6 is 0 Å². The fourth-order valence-electron chi connectivity index (χ4n) is 1.64. The maximum Gasteiger partial charge on any atom is 0.315 e. The van der Waals surface area contributed by atoms with Crippen LogP contribution in [0.1, 0.15) is 12.0 Å². The quantitative estimate of drug-likeness (QED) is 0.683. The van der Waals surface area contributed by atoms with E-state index in [0.29, 0.717) is 5.56 Å². The molecule has 4 nitrogen and oxygen atoms in total. The summed E-state index contributed by atoms with van der Waals surface area (Å²) in [5.41, 5.74) is 4.54. The molecule has 5 heteroatoms. The number of hydrogen-bond donors (Lipinski definition) is 3. The molecule has 0 fully saturated rings. The number of nitrogens with two attached hydrogens (primary N) is 1. The smallest absolute Gasteiger partial charge is 0.315 e. The van der Waals surface area contributed by atoms with Crippen molar-refractivity contribution in [2.75, 3.05) is 13.2 Å². The van der Waals surface area contributed by atoms with Gasteiger partial charge in [0.25, 0.3) is 0 Å². The van der Waals surface area contributed by atoms with E-state index in [0.717, 1.165) is 0 Å². The molecule has 0 aliphatic heterocycles. The molecule has 0 saturated carbocycles. The van der Waals surface area contributed by atoms with Gasteiger partial charge in [-0.15, -0.1) is 0 Å². The maximum atomic E-state index is 12.7. The van der Waals surface area contributed by atoms with Crippen LogP contribution < -0.4 is 5.73 Å². The number of benzene rings is 1. The maximum absolute atomic E-state index is 12.7. The average molecular weight is 227 g/mol. The molecule has 0 bridgehead atoms. The monoisotopic (exact) mass is 227 g/mol. The third-order valence-corrected chi connectivity index (χ3v) is 2.69. The van der Waals surface area contributed by atoms with Crippen LogP contribution in [0, 0.1) is 5.82 Å². The van der Waals surface area contributed by atoms with Crippen LogP contribution in [-0.2, 0) is 10.2 Å². The molecule has 0 aliphatic carbocycles. The van der Waals surface area contributed by atoms with Gasteiger partial charge in [0, 0.05) is 13.2 Å². The molecule has 4 N–H and O–H groups in total. The Kier molecular flexibility index (Phi) is 3.98. The van der Waals surface area contributed by atoms with Gasteiger partial charge in [-0.1, -0.05) is 12.1 Å². The van der Waals surface area contributed by atoms with Gasteiger partial charge in [-0.2, -0.15) is 0 Å². The third-order valence-electron chi connectivity index (χ3n) is 2.69. The summed E-state index contributed by atoms with van der Waals surface area (Å²) in [7, 11) is 0. The lowest BCUT2D eigenvalue weighted by Gasteiger charge is -2.27. The van der Waals surface area contributed by atoms with Crippen molar-refractivity contribution in [3.05, 3.63) is 35.6 Å². The minimum atomic E-state index is -1.34. The Labute approximate surface area is 92.5 Å². The van der Waals surface area contributed by atoms with E-state index in [1.54, 1.807) is 0 Å². The molecular weight excluding hydrogens is 213 g/mol. The van der Waals surface area contributed by atoms with Gasteiger partial charge in [0.05, 0.1) is 0 Å². The van der Waals surface area contributed by atoms with E-state index in [1.807, 2.05) is 0 Å². The van der Waals surface area contributed by atoms with E-state index in [1.165, 1.54) is 24.3 Å². The number of aliphatic carboxylic acids is 1. The fraction of sp³-hybridized carbons (Fsp3) is 0.364. The predicted molar refractivity (Wildman–Crippen MR) is 56.5 cm³/mol. The minimum absolute atomic E-state index is 0.00443. The molecule has 1 rings (SSSR count). The molecule has 0 heterocycles. The van der Waals surface area contributed by atoms with Gasteiger partial charge in [0.15, 0.2) is 0 Å². The highest BCUT2D eigenvalue weighted by Crippen LogP contribution is 2.27. The number of rotatable bonds is 5. The van der Waals surface area contributed by atoms with Gasteiger partial charge < -0.3 is 15.9 Å². The molecular formula is C11H14FNO3. The van der Waals surface area contributed by atoms with Gasteiger partial charge >= 0.3 is 5.97 Å². The zero-order valence-electron chi connectivity index (χ0n) is 8.69. The molecule has 0 radical (unpaired) electrons. The summed E-state index contributed by atoms with van der Waals surface area (Å²) in [5.74, 6) is -1.56. The normalized spacial score (nSPS) is 14.4. The van der Waals surface area contributed by atoms with Crippen LogP contribution in [0.3, 0.4) is 0 Å². The molecule has 0 amide bonds. The summed E-state index contributed by atoms with van der Waals surface area (Å²) < 4.78 is 12.7.